The Labute approximate surface area is 220 Å². The van der Waals surface area contributed by atoms with Crippen molar-refractivity contribution in [1.29, 1.82) is 0 Å². The summed E-state index contributed by atoms with van der Waals surface area (Å²) in [6.07, 6.45) is 27.0. The van der Waals surface area contributed by atoms with Crippen LogP contribution in [0, 0.1) is 0 Å². The molecule has 0 unspecified atom stereocenters. The second-order valence-corrected chi connectivity index (χ2v) is 10.3. The van der Waals surface area contributed by atoms with Crippen LogP contribution in [-0.4, -0.2) is 15.0 Å². The lowest BCUT2D eigenvalue weighted by Crippen LogP contribution is -1.94. The molecule has 1 aromatic carbocycles. The topological polar surface area (TPSA) is 38.7 Å². The minimum Gasteiger partial charge on any atom is -0.256 e. The van der Waals surface area contributed by atoms with Gasteiger partial charge in [-0.3, -0.25) is 4.98 Å². The molecule has 2 aromatic heterocycles. The maximum atomic E-state index is 4.73. The Balaban J connectivity index is 1.41. The normalized spacial score (nSPS) is 11.2. The van der Waals surface area contributed by atoms with Gasteiger partial charge in [0, 0.05) is 29.7 Å². The second kappa shape index (κ2) is 17.0. The molecule has 0 aliphatic carbocycles. The molecule has 0 aliphatic rings. The third-order valence-corrected chi connectivity index (χ3v) is 7.11. The van der Waals surface area contributed by atoms with Crippen molar-refractivity contribution in [2.75, 3.05) is 0 Å². The lowest BCUT2D eigenvalue weighted by atomic mass is 10.0. The SMILES string of the molecule is CCCCCCCCCCc1ccc(-c2ccc(-c3ncc(CCCCCCCC)cn3)cc2)nc1. The highest BCUT2D eigenvalue weighted by Gasteiger charge is 2.05. The van der Waals surface area contributed by atoms with E-state index in [-0.39, 0.29) is 0 Å². The van der Waals surface area contributed by atoms with Gasteiger partial charge in [-0.2, -0.15) is 0 Å². The first-order valence-electron chi connectivity index (χ1n) is 14.7. The first-order valence-corrected chi connectivity index (χ1v) is 14.7. The fourth-order valence-corrected chi connectivity index (χ4v) is 4.74. The van der Waals surface area contributed by atoms with Crippen LogP contribution in [0.1, 0.15) is 115 Å². The van der Waals surface area contributed by atoms with Gasteiger partial charge in [0.05, 0.1) is 5.69 Å². The third kappa shape index (κ3) is 10.2. The Morgan fingerprint density at radius 3 is 1.44 bits per heavy atom. The van der Waals surface area contributed by atoms with Gasteiger partial charge in [0.15, 0.2) is 5.82 Å². The Morgan fingerprint density at radius 2 is 0.917 bits per heavy atom. The van der Waals surface area contributed by atoms with E-state index in [1.807, 2.05) is 12.4 Å². The van der Waals surface area contributed by atoms with E-state index in [2.05, 4.69) is 66.4 Å². The summed E-state index contributed by atoms with van der Waals surface area (Å²) < 4.78 is 0. The number of nitrogens with zero attached hydrogens (tertiary/aromatic N) is 3. The summed E-state index contributed by atoms with van der Waals surface area (Å²) in [5.74, 6) is 0.793. The first-order chi connectivity index (χ1) is 17.8. The highest BCUT2D eigenvalue weighted by molar-refractivity contribution is 5.65. The highest BCUT2D eigenvalue weighted by atomic mass is 14.9. The molecule has 0 saturated carbocycles. The van der Waals surface area contributed by atoms with E-state index in [4.69, 9.17) is 4.98 Å². The summed E-state index contributed by atoms with van der Waals surface area (Å²) in [6, 6.07) is 12.9. The van der Waals surface area contributed by atoms with Crippen molar-refractivity contribution in [2.24, 2.45) is 0 Å². The maximum absolute atomic E-state index is 4.73. The van der Waals surface area contributed by atoms with Gasteiger partial charge in [-0.15, -0.1) is 0 Å². The number of benzene rings is 1. The Kier molecular flexibility index (Phi) is 13.2. The molecule has 0 radical (unpaired) electrons. The molecule has 0 aliphatic heterocycles. The van der Waals surface area contributed by atoms with E-state index in [0.717, 1.165) is 35.5 Å². The van der Waals surface area contributed by atoms with Crippen molar-refractivity contribution < 1.29 is 0 Å². The largest absolute Gasteiger partial charge is 0.256 e. The number of hydrogen-bond donors (Lipinski definition) is 0. The standard InChI is InChI=1S/C33H47N3/c1-3-5-7-9-11-12-14-15-17-28-19-24-32(34-25-28)30-20-22-31(23-21-30)33-35-26-29(27-36-33)18-16-13-10-8-6-4-2/h19-27H,3-18H2,1-2H3. The second-order valence-electron chi connectivity index (χ2n) is 10.3. The van der Waals surface area contributed by atoms with E-state index >= 15 is 0 Å². The van der Waals surface area contributed by atoms with Crippen molar-refractivity contribution in [1.82, 2.24) is 15.0 Å². The van der Waals surface area contributed by atoms with Crippen LogP contribution in [0.25, 0.3) is 22.6 Å². The van der Waals surface area contributed by atoms with Crippen molar-refractivity contribution in [3.8, 4) is 22.6 Å². The monoisotopic (exact) mass is 485 g/mol. The minimum absolute atomic E-state index is 0.793. The Hall–Kier alpha value is -2.55. The average molecular weight is 486 g/mol. The fraction of sp³-hybridized carbons (Fsp3) is 0.545. The van der Waals surface area contributed by atoms with E-state index in [9.17, 15) is 0 Å². The van der Waals surface area contributed by atoms with Crippen LogP contribution in [0.3, 0.4) is 0 Å². The lowest BCUT2D eigenvalue weighted by molar-refractivity contribution is 0.575. The Morgan fingerprint density at radius 1 is 0.444 bits per heavy atom. The summed E-state index contributed by atoms with van der Waals surface area (Å²) in [7, 11) is 0. The van der Waals surface area contributed by atoms with Crippen LogP contribution in [0.5, 0.6) is 0 Å². The van der Waals surface area contributed by atoms with Crippen LogP contribution in [0.4, 0.5) is 0 Å². The zero-order valence-corrected chi connectivity index (χ0v) is 22.9. The molecule has 2 heterocycles. The summed E-state index contributed by atoms with van der Waals surface area (Å²) in [4.78, 5) is 14.0. The van der Waals surface area contributed by atoms with Gasteiger partial charge < -0.3 is 0 Å². The molecular weight excluding hydrogens is 438 g/mol. The van der Waals surface area contributed by atoms with Crippen LogP contribution < -0.4 is 0 Å². The molecule has 0 bridgehead atoms. The van der Waals surface area contributed by atoms with Crippen molar-refractivity contribution >= 4 is 0 Å². The number of unbranched alkanes of at least 4 members (excludes halogenated alkanes) is 12. The van der Waals surface area contributed by atoms with Gasteiger partial charge in [0.1, 0.15) is 0 Å². The molecule has 0 atom stereocenters. The predicted octanol–water partition coefficient (Wildman–Crippen LogP) is 9.79. The van der Waals surface area contributed by atoms with Crippen molar-refractivity contribution in [3.05, 3.63) is 66.1 Å². The smallest absolute Gasteiger partial charge is 0.159 e. The summed E-state index contributed by atoms with van der Waals surface area (Å²) in [6.45, 7) is 4.54. The number of aromatic nitrogens is 3. The maximum Gasteiger partial charge on any atom is 0.159 e. The lowest BCUT2D eigenvalue weighted by Gasteiger charge is -2.06. The molecule has 0 fully saturated rings. The molecule has 3 aromatic rings. The van der Waals surface area contributed by atoms with Gasteiger partial charge in [-0.25, -0.2) is 9.97 Å². The average Bonchev–Trinajstić information content (AvgIpc) is 2.93. The van der Waals surface area contributed by atoms with Crippen LogP contribution in [0.15, 0.2) is 55.0 Å². The minimum atomic E-state index is 0.793. The summed E-state index contributed by atoms with van der Waals surface area (Å²) in [5, 5.41) is 0. The van der Waals surface area contributed by atoms with Crippen molar-refractivity contribution in [2.45, 2.75) is 117 Å². The number of pyridine rings is 1. The van der Waals surface area contributed by atoms with Crippen LogP contribution in [-0.2, 0) is 12.8 Å². The number of aryl methyl sites for hydroxylation is 2. The van der Waals surface area contributed by atoms with Gasteiger partial charge in [0.2, 0.25) is 0 Å². The highest BCUT2D eigenvalue weighted by Crippen LogP contribution is 2.22. The molecule has 194 valence electrons. The van der Waals surface area contributed by atoms with E-state index < -0.39 is 0 Å². The molecule has 0 saturated heterocycles. The molecule has 3 nitrogen and oxygen atoms in total. The first kappa shape index (κ1) is 28.0. The number of rotatable bonds is 18. The zero-order chi connectivity index (χ0) is 25.3. The zero-order valence-electron chi connectivity index (χ0n) is 22.9. The summed E-state index contributed by atoms with van der Waals surface area (Å²) in [5.41, 5.74) is 5.79. The van der Waals surface area contributed by atoms with E-state index in [0.29, 0.717) is 0 Å². The van der Waals surface area contributed by atoms with Gasteiger partial charge in [-0.05, 0) is 42.9 Å². The third-order valence-electron chi connectivity index (χ3n) is 7.11. The molecule has 0 N–H and O–H groups in total. The van der Waals surface area contributed by atoms with Gasteiger partial charge >= 0.3 is 0 Å². The molecule has 36 heavy (non-hydrogen) atoms. The van der Waals surface area contributed by atoms with E-state index in [1.165, 1.54) is 101 Å². The summed E-state index contributed by atoms with van der Waals surface area (Å²) >= 11 is 0. The van der Waals surface area contributed by atoms with Gasteiger partial charge in [0.25, 0.3) is 0 Å². The fourth-order valence-electron chi connectivity index (χ4n) is 4.74. The quantitative estimate of drug-likeness (QED) is 0.168. The molecule has 3 rings (SSSR count). The van der Waals surface area contributed by atoms with Gasteiger partial charge in [-0.1, -0.05) is 121 Å². The molecule has 0 amide bonds. The van der Waals surface area contributed by atoms with Crippen LogP contribution in [0.2, 0.25) is 0 Å². The number of hydrogen-bond acceptors (Lipinski definition) is 3. The molecular formula is C33H47N3. The van der Waals surface area contributed by atoms with Crippen LogP contribution >= 0.6 is 0 Å². The Bertz CT molecular complexity index is 946. The van der Waals surface area contributed by atoms with Crippen molar-refractivity contribution in [3.63, 3.8) is 0 Å². The molecule has 0 spiro atoms. The van der Waals surface area contributed by atoms with E-state index in [1.54, 1.807) is 0 Å². The predicted molar refractivity (Wildman–Crippen MR) is 154 cm³/mol. The molecule has 3 heteroatoms.